The summed E-state index contributed by atoms with van der Waals surface area (Å²) in [6, 6.07) is 0. The van der Waals surface area contributed by atoms with Crippen molar-refractivity contribution in [2.75, 3.05) is 0 Å². The number of allylic oxidation sites excluding steroid dienone is 1. The molecule has 0 aromatic heterocycles. The van der Waals surface area contributed by atoms with Gasteiger partial charge in [0.25, 0.3) is 0 Å². The fraction of sp³-hybridized carbons (Fsp3) is 0.778. The summed E-state index contributed by atoms with van der Waals surface area (Å²) in [5.74, 6) is 1.65. The number of ether oxygens (including phenoxy) is 1. The first-order valence-corrected chi connectivity index (χ1v) is 4.09. The summed E-state index contributed by atoms with van der Waals surface area (Å²) in [5.41, 5.74) is 0. The van der Waals surface area contributed by atoms with E-state index >= 15 is 0 Å². The maximum atomic E-state index is 5.43. The first-order valence-electron chi connectivity index (χ1n) is 4.09. The van der Waals surface area contributed by atoms with Crippen LogP contribution in [-0.4, -0.2) is 6.10 Å². The van der Waals surface area contributed by atoms with Crippen LogP contribution in [0.2, 0.25) is 0 Å². The molecule has 0 amide bonds. The molecule has 1 fully saturated rings. The summed E-state index contributed by atoms with van der Waals surface area (Å²) in [4.78, 5) is 0. The SMILES string of the molecule is C=C1O[C@@H](C)C[C@H]1CCC. The first kappa shape index (κ1) is 7.64. The highest BCUT2D eigenvalue weighted by atomic mass is 16.5. The lowest BCUT2D eigenvalue weighted by atomic mass is 9.99. The molecule has 1 heterocycles. The van der Waals surface area contributed by atoms with E-state index in [0.29, 0.717) is 12.0 Å². The third kappa shape index (κ3) is 1.53. The van der Waals surface area contributed by atoms with E-state index in [1.54, 1.807) is 0 Å². The second kappa shape index (κ2) is 3.09. The van der Waals surface area contributed by atoms with Crippen LogP contribution in [0.5, 0.6) is 0 Å². The maximum Gasteiger partial charge on any atom is 0.0961 e. The Balaban J connectivity index is 2.39. The predicted octanol–water partition coefficient (Wildman–Crippen LogP) is 2.73. The zero-order chi connectivity index (χ0) is 7.56. The first-order chi connectivity index (χ1) is 4.74. The third-order valence-corrected chi connectivity index (χ3v) is 2.06. The van der Waals surface area contributed by atoms with Crippen molar-refractivity contribution in [3.05, 3.63) is 12.3 Å². The Kier molecular flexibility index (Phi) is 2.36. The summed E-state index contributed by atoms with van der Waals surface area (Å²) >= 11 is 0. The number of rotatable bonds is 2. The molecule has 0 N–H and O–H groups in total. The molecule has 2 atom stereocenters. The molecule has 1 rings (SSSR count). The van der Waals surface area contributed by atoms with Gasteiger partial charge in [-0.2, -0.15) is 0 Å². The van der Waals surface area contributed by atoms with Gasteiger partial charge >= 0.3 is 0 Å². The van der Waals surface area contributed by atoms with E-state index in [-0.39, 0.29) is 0 Å². The van der Waals surface area contributed by atoms with Crippen LogP contribution >= 0.6 is 0 Å². The Bertz CT molecular complexity index is 129. The highest BCUT2D eigenvalue weighted by Gasteiger charge is 2.25. The van der Waals surface area contributed by atoms with E-state index in [0.717, 1.165) is 5.76 Å². The maximum absolute atomic E-state index is 5.43. The average Bonchev–Trinajstić information content (AvgIpc) is 2.13. The Hall–Kier alpha value is -0.460. The Labute approximate surface area is 63.1 Å². The minimum Gasteiger partial charge on any atom is -0.495 e. The predicted molar refractivity (Wildman–Crippen MR) is 42.7 cm³/mol. The monoisotopic (exact) mass is 140 g/mol. The van der Waals surface area contributed by atoms with Crippen LogP contribution in [0.25, 0.3) is 0 Å². The molecule has 0 aliphatic carbocycles. The Morgan fingerprint density at radius 2 is 2.40 bits per heavy atom. The van der Waals surface area contributed by atoms with E-state index in [2.05, 4.69) is 20.4 Å². The molecule has 1 aliphatic heterocycles. The summed E-state index contributed by atoms with van der Waals surface area (Å²) in [6.45, 7) is 8.20. The van der Waals surface area contributed by atoms with E-state index in [1.165, 1.54) is 19.3 Å². The molecule has 0 unspecified atom stereocenters. The molecule has 0 bridgehead atoms. The van der Waals surface area contributed by atoms with Crippen molar-refractivity contribution >= 4 is 0 Å². The van der Waals surface area contributed by atoms with Crippen molar-refractivity contribution in [1.82, 2.24) is 0 Å². The molecular formula is C9H16O. The van der Waals surface area contributed by atoms with Gasteiger partial charge in [0.2, 0.25) is 0 Å². The van der Waals surface area contributed by atoms with Crippen molar-refractivity contribution in [1.29, 1.82) is 0 Å². The minimum absolute atomic E-state index is 0.407. The molecule has 58 valence electrons. The van der Waals surface area contributed by atoms with Crippen molar-refractivity contribution in [3.63, 3.8) is 0 Å². The molecule has 10 heavy (non-hydrogen) atoms. The van der Waals surface area contributed by atoms with E-state index in [1.807, 2.05) is 0 Å². The van der Waals surface area contributed by atoms with Crippen LogP contribution in [-0.2, 0) is 4.74 Å². The van der Waals surface area contributed by atoms with Gasteiger partial charge in [0.1, 0.15) is 0 Å². The molecule has 1 saturated heterocycles. The van der Waals surface area contributed by atoms with Gasteiger partial charge in [-0.25, -0.2) is 0 Å². The molecule has 1 heteroatoms. The normalized spacial score (nSPS) is 32.4. The van der Waals surface area contributed by atoms with Crippen LogP contribution < -0.4 is 0 Å². The second-order valence-corrected chi connectivity index (χ2v) is 3.12. The fourth-order valence-corrected chi connectivity index (χ4v) is 1.56. The van der Waals surface area contributed by atoms with Crippen molar-refractivity contribution in [2.24, 2.45) is 5.92 Å². The van der Waals surface area contributed by atoms with Gasteiger partial charge in [-0.3, -0.25) is 0 Å². The zero-order valence-corrected chi connectivity index (χ0v) is 6.89. The Morgan fingerprint density at radius 3 is 2.80 bits per heavy atom. The molecular weight excluding hydrogens is 124 g/mol. The zero-order valence-electron chi connectivity index (χ0n) is 6.89. The van der Waals surface area contributed by atoms with Crippen molar-refractivity contribution in [2.45, 2.75) is 39.2 Å². The average molecular weight is 140 g/mol. The van der Waals surface area contributed by atoms with Gasteiger partial charge in [-0.15, -0.1) is 0 Å². The molecule has 1 aliphatic rings. The van der Waals surface area contributed by atoms with Gasteiger partial charge in [0, 0.05) is 5.92 Å². The number of hydrogen-bond acceptors (Lipinski definition) is 1. The molecule has 0 aromatic carbocycles. The third-order valence-electron chi connectivity index (χ3n) is 2.06. The summed E-state index contributed by atoms with van der Waals surface area (Å²) in [5, 5.41) is 0. The second-order valence-electron chi connectivity index (χ2n) is 3.12. The summed E-state index contributed by atoms with van der Waals surface area (Å²) in [7, 11) is 0. The van der Waals surface area contributed by atoms with Gasteiger partial charge < -0.3 is 4.74 Å². The molecule has 0 spiro atoms. The minimum atomic E-state index is 0.407. The topological polar surface area (TPSA) is 9.23 Å². The van der Waals surface area contributed by atoms with Crippen LogP contribution in [0.3, 0.4) is 0 Å². The van der Waals surface area contributed by atoms with Crippen LogP contribution in [0.15, 0.2) is 12.3 Å². The van der Waals surface area contributed by atoms with Gasteiger partial charge in [-0.05, 0) is 19.8 Å². The van der Waals surface area contributed by atoms with Crippen LogP contribution in [0.4, 0.5) is 0 Å². The van der Waals surface area contributed by atoms with Crippen molar-refractivity contribution in [3.8, 4) is 0 Å². The van der Waals surface area contributed by atoms with Crippen LogP contribution in [0.1, 0.15) is 33.1 Å². The van der Waals surface area contributed by atoms with Crippen LogP contribution in [0, 0.1) is 5.92 Å². The Morgan fingerprint density at radius 1 is 1.70 bits per heavy atom. The van der Waals surface area contributed by atoms with Gasteiger partial charge in [0.15, 0.2) is 0 Å². The molecule has 0 radical (unpaired) electrons. The van der Waals surface area contributed by atoms with E-state index in [9.17, 15) is 0 Å². The summed E-state index contributed by atoms with van der Waals surface area (Å²) < 4.78 is 5.43. The highest BCUT2D eigenvalue weighted by Crippen LogP contribution is 2.31. The van der Waals surface area contributed by atoms with Crippen molar-refractivity contribution < 1.29 is 4.74 Å². The standard InChI is InChI=1S/C9H16O/c1-4-5-9-6-7(2)10-8(9)3/h7,9H,3-6H2,1-2H3/t7-,9+/m0/s1. The molecule has 0 saturated carbocycles. The lowest BCUT2D eigenvalue weighted by molar-refractivity contribution is 0.178. The number of hydrogen-bond donors (Lipinski definition) is 0. The smallest absolute Gasteiger partial charge is 0.0961 e. The lowest BCUT2D eigenvalue weighted by Gasteiger charge is -2.04. The van der Waals surface area contributed by atoms with Gasteiger partial charge in [0.05, 0.1) is 11.9 Å². The molecule has 0 aromatic rings. The fourth-order valence-electron chi connectivity index (χ4n) is 1.56. The van der Waals surface area contributed by atoms with E-state index < -0.39 is 0 Å². The summed E-state index contributed by atoms with van der Waals surface area (Å²) in [6.07, 6.45) is 4.05. The van der Waals surface area contributed by atoms with E-state index in [4.69, 9.17) is 4.74 Å². The molecule has 1 nitrogen and oxygen atoms in total. The largest absolute Gasteiger partial charge is 0.495 e. The van der Waals surface area contributed by atoms with Gasteiger partial charge in [-0.1, -0.05) is 19.9 Å². The lowest BCUT2D eigenvalue weighted by Crippen LogP contribution is -1.97. The highest BCUT2D eigenvalue weighted by molar-refractivity contribution is 4.97. The quantitative estimate of drug-likeness (QED) is 0.573.